The minimum atomic E-state index is 0.325. The summed E-state index contributed by atoms with van der Waals surface area (Å²) in [4.78, 5) is 16.0. The van der Waals surface area contributed by atoms with Gasteiger partial charge in [-0.1, -0.05) is 39.0 Å². The summed E-state index contributed by atoms with van der Waals surface area (Å²) in [6, 6.07) is 11.5. The van der Waals surface area contributed by atoms with Crippen molar-refractivity contribution < 1.29 is 4.79 Å². The number of hydrogen-bond donors (Lipinski definition) is 0. The molecule has 1 amide bonds. The minimum absolute atomic E-state index is 0.325. The number of amides is 1. The molecule has 1 aliphatic heterocycles. The topological polar surface area (TPSA) is 20.3 Å². The van der Waals surface area contributed by atoms with E-state index in [0.717, 1.165) is 41.8 Å². The first kappa shape index (κ1) is 20.0. The Labute approximate surface area is 181 Å². The maximum Gasteiger partial charge on any atom is 0.222 e. The summed E-state index contributed by atoms with van der Waals surface area (Å²) in [5, 5.41) is 0.763. The molecule has 5 rings (SSSR count). The van der Waals surface area contributed by atoms with Crippen LogP contribution in [0.3, 0.4) is 0 Å². The van der Waals surface area contributed by atoms with Gasteiger partial charge in [0.05, 0.1) is 0 Å². The minimum Gasteiger partial charge on any atom is -0.342 e. The summed E-state index contributed by atoms with van der Waals surface area (Å²) in [5.74, 6) is 3.61. The molecule has 1 saturated heterocycles. The molecule has 158 valence electrons. The predicted octanol–water partition coefficient (Wildman–Crippen LogP) is 6.26. The maximum absolute atomic E-state index is 12.4. The lowest BCUT2D eigenvalue weighted by molar-refractivity contribution is -0.164. The highest BCUT2D eigenvalue weighted by Crippen LogP contribution is 2.67. The Kier molecular flexibility index (Phi) is 4.85. The van der Waals surface area contributed by atoms with E-state index in [9.17, 15) is 4.79 Å². The molecule has 0 aromatic heterocycles. The van der Waals surface area contributed by atoms with Gasteiger partial charge in [-0.25, -0.2) is 0 Å². The number of hydrogen-bond acceptors (Lipinski definition) is 2. The van der Waals surface area contributed by atoms with Gasteiger partial charge >= 0.3 is 0 Å². The van der Waals surface area contributed by atoms with Gasteiger partial charge in [0, 0.05) is 29.7 Å². The zero-order valence-electron chi connectivity index (χ0n) is 18.6. The lowest BCUT2D eigenvalue weighted by atomic mass is 9.45. The molecule has 29 heavy (non-hydrogen) atoms. The van der Waals surface area contributed by atoms with Crippen LogP contribution in [-0.2, 0) is 4.79 Å². The number of fused-ring (bicyclic) bond motifs is 5. The average Bonchev–Trinajstić information content (AvgIpc) is 3.03. The molecule has 3 heteroatoms. The van der Waals surface area contributed by atoms with Crippen LogP contribution in [0.2, 0.25) is 0 Å². The van der Waals surface area contributed by atoms with Crippen molar-refractivity contribution >= 4 is 17.7 Å². The third kappa shape index (κ3) is 3.09. The van der Waals surface area contributed by atoms with Gasteiger partial charge in [-0.05, 0) is 85.2 Å². The molecule has 0 radical (unpaired) electrons. The van der Waals surface area contributed by atoms with Gasteiger partial charge in [-0.15, -0.1) is 11.8 Å². The van der Waals surface area contributed by atoms with E-state index in [4.69, 9.17) is 0 Å². The van der Waals surface area contributed by atoms with Crippen LogP contribution in [0.25, 0.3) is 0 Å². The van der Waals surface area contributed by atoms with Gasteiger partial charge in [-0.3, -0.25) is 4.79 Å². The zero-order valence-corrected chi connectivity index (χ0v) is 19.4. The molecule has 3 aliphatic carbocycles. The van der Waals surface area contributed by atoms with Gasteiger partial charge in [0.25, 0.3) is 0 Å². The lowest BCUT2D eigenvalue weighted by Gasteiger charge is -2.63. The molecular weight excluding hydrogens is 374 g/mol. The first-order valence-corrected chi connectivity index (χ1v) is 12.7. The number of likely N-dealkylation sites (tertiary alicyclic amines) is 1. The highest BCUT2D eigenvalue weighted by Gasteiger charge is 2.62. The first-order valence-electron chi connectivity index (χ1n) is 11.8. The normalized spacial score (nSPS) is 46.8. The Morgan fingerprint density at radius 3 is 2.59 bits per heavy atom. The van der Waals surface area contributed by atoms with Gasteiger partial charge in [0.1, 0.15) is 0 Å². The van der Waals surface area contributed by atoms with Crippen molar-refractivity contribution in [3.05, 3.63) is 30.3 Å². The zero-order chi connectivity index (χ0) is 20.4. The Hall–Kier alpha value is -0.960. The number of nitrogens with zero attached hydrogens (tertiary/aromatic N) is 1. The summed E-state index contributed by atoms with van der Waals surface area (Å²) in [7, 11) is 2.08. The number of rotatable bonds is 2. The van der Waals surface area contributed by atoms with Crippen molar-refractivity contribution in [2.24, 2.45) is 34.5 Å². The molecule has 0 N–H and O–H groups in total. The average molecular weight is 412 g/mol. The highest BCUT2D eigenvalue weighted by molar-refractivity contribution is 8.00. The molecule has 1 unspecified atom stereocenters. The number of carbonyl (C=O) groups is 1. The second kappa shape index (κ2) is 7.04. The molecule has 1 heterocycles. The van der Waals surface area contributed by atoms with Gasteiger partial charge in [0.15, 0.2) is 0 Å². The van der Waals surface area contributed by atoms with Crippen LogP contribution in [0.15, 0.2) is 35.2 Å². The highest BCUT2D eigenvalue weighted by atomic mass is 32.2. The van der Waals surface area contributed by atoms with Crippen molar-refractivity contribution in [3.8, 4) is 0 Å². The largest absolute Gasteiger partial charge is 0.342 e. The number of carbonyl (C=O) groups excluding carboxylic acids is 1. The third-order valence-corrected chi connectivity index (χ3v) is 10.9. The molecule has 0 spiro atoms. The second-order valence-electron chi connectivity index (χ2n) is 11.2. The molecule has 4 aliphatic rings. The summed E-state index contributed by atoms with van der Waals surface area (Å²) >= 11 is 2.13. The summed E-state index contributed by atoms with van der Waals surface area (Å²) in [5.41, 5.74) is 0.841. The molecule has 8 atom stereocenters. The maximum atomic E-state index is 12.4. The van der Waals surface area contributed by atoms with Crippen LogP contribution in [0.5, 0.6) is 0 Å². The smallest absolute Gasteiger partial charge is 0.222 e. The van der Waals surface area contributed by atoms with Crippen LogP contribution in [0.1, 0.15) is 65.7 Å². The fourth-order valence-corrected chi connectivity index (χ4v) is 9.71. The molecule has 0 bridgehead atoms. The standard InChI is InChI=1S/C26H37NOS/c1-17-14-22-26(3,13-11-23(28)27(22)4)20-10-12-25(2)16-19(15-21(25)24(17)20)29-18-8-6-5-7-9-18/h5-9,17,19-22,24H,10-16H2,1-4H3/t17-,19-,20-,21-,22+,24?,25+,26+/m0/s1. The van der Waals surface area contributed by atoms with Crippen LogP contribution in [-0.4, -0.2) is 29.1 Å². The Morgan fingerprint density at radius 2 is 1.83 bits per heavy atom. The predicted molar refractivity (Wildman–Crippen MR) is 121 cm³/mol. The van der Waals surface area contributed by atoms with Crippen LogP contribution in [0.4, 0.5) is 0 Å². The molecule has 4 fully saturated rings. The summed E-state index contributed by atoms with van der Waals surface area (Å²) in [6.07, 6.45) is 8.61. The van der Waals surface area contributed by atoms with E-state index in [1.54, 1.807) is 0 Å². The quantitative estimate of drug-likeness (QED) is 0.573. The molecule has 3 saturated carbocycles. The van der Waals surface area contributed by atoms with Gasteiger partial charge in [0.2, 0.25) is 5.91 Å². The van der Waals surface area contributed by atoms with Gasteiger partial charge < -0.3 is 4.90 Å². The Bertz CT molecular complexity index is 780. The van der Waals surface area contributed by atoms with E-state index < -0.39 is 0 Å². The van der Waals surface area contributed by atoms with E-state index in [2.05, 4.69) is 74.8 Å². The van der Waals surface area contributed by atoms with Gasteiger partial charge in [-0.2, -0.15) is 0 Å². The van der Waals surface area contributed by atoms with Crippen LogP contribution < -0.4 is 0 Å². The van der Waals surface area contributed by atoms with E-state index in [1.807, 2.05) is 0 Å². The number of thioether (sulfide) groups is 1. The summed E-state index contributed by atoms with van der Waals surface area (Å²) in [6.45, 7) is 7.66. The lowest BCUT2D eigenvalue weighted by Crippen LogP contribution is -2.62. The summed E-state index contributed by atoms with van der Waals surface area (Å²) < 4.78 is 0. The number of benzene rings is 1. The van der Waals surface area contributed by atoms with E-state index >= 15 is 0 Å². The van der Waals surface area contributed by atoms with E-state index in [-0.39, 0.29) is 0 Å². The second-order valence-corrected chi connectivity index (χ2v) is 12.6. The van der Waals surface area contributed by atoms with Crippen molar-refractivity contribution in [1.29, 1.82) is 0 Å². The van der Waals surface area contributed by atoms with Crippen LogP contribution in [0, 0.1) is 34.5 Å². The van der Waals surface area contributed by atoms with Crippen molar-refractivity contribution in [2.75, 3.05) is 7.05 Å². The third-order valence-electron chi connectivity index (χ3n) is 9.71. The molecule has 2 nitrogen and oxygen atoms in total. The molecule has 1 aromatic rings. The fraction of sp³-hybridized carbons (Fsp3) is 0.731. The number of piperidine rings is 1. The SMILES string of the molecule is C[C@H]1C[C@H]2N(C)C(=O)CC[C@]2(C)[C@H]2CC[C@]3(C)C[C@@H](Sc4ccccc4)C[C@H]3C12. The fourth-order valence-electron chi connectivity index (χ4n) is 8.24. The van der Waals surface area contributed by atoms with E-state index in [0.29, 0.717) is 22.8 Å². The Balaban J connectivity index is 1.41. The monoisotopic (exact) mass is 411 g/mol. The van der Waals surface area contributed by atoms with Crippen molar-refractivity contribution in [3.63, 3.8) is 0 Å². The molecular formula is C26H37NOS. The van der Waals surface area contributed by atoms with Crippen molar-refractivity contribution in [2.45, 2.75) is 81.9 Å². The van der Waals surface area contributed by atoms with E-state index in [1.165, 1.54) is 37.0 Å². The Morgan fingerprint density at radius 1 is 1.07 bits per heavy atom. The van der Waals surface area contributed by atoms with Crippen molar-refractivity contribution in [1.82, 2.24) is 4.90 Å². The first-order chi connectivity index (χ1) is 13.8. The van der Waals surface area contributed by atoms with Crippen LogP contribution >= 0.6 is 11.8 Å². The molecule has 1 aromatic carbocycles.